The molecule has 0 aliphatic heterocycles. The van der Waals surface area contributed by atoms with Gasteiger partial charge < -0.3 is 10.4 Å². The zero-order chi connectivity index (χ0) is 22.9. The van der Waals surface area contributed by atoms with E-state index in [-0.39, 0.29) is 6.42 Å². The molecular weight excluding hydrogens is 421 g/mol. The molecule has 4 aromatic rings. The number of halogens is 3. The molecule has 8 heteroatoms. The minimum Gasteiger partial charge on any atom is -0.480 e. The van der Waals surface area contributed by atoms with Crippen LogP contribution in [-0.2, 0) is 17.4 Å². The number of aliphatic carboxylic acids is 1. The zero-order valence-electron chi connectivity index (χ0n) is 16.6. The summed E-state index contributed by atoms with van der Waals surface area (Å²) in [5, 5.41) is 13.3. The second kappa shape index (κ2) is 8.30. The molecule has 1 amide bonds. The van der Waals surface area contributed by atoms with Crippen LogP contribution >= 0.6 is 0 Å². The average molecular weight is 438 g/mol. The van der Waals surface area contributed by atoms with Crippen LogP contribution in [0, 0.1) is 0 Å². The van der Waals surface area contributed by atoms with E-state index in [4.69, 9.17) is 0 Å². The molecule has 0 saturated heterocycles. The van der Waals surface area contributed by atoms with Gasteiger partial charge in [0.1, 0.15) is 6.04 Å². The molecule has 3 aromatic carbocycles. The molecule has 1 aromatic heterocycles. The highest BCUT2D eigenvalue weighted by Gasteiger charge is 2.30. The molecule has 4 rings (SSSR count). The Labute approximate surface area is 180 Å². The van der Waals surface area contributed by atoms with Crippen LogP contribution in [-0.4, -0.2) is 28.0 Å². The van der Waals surface area contributed by atoms with Crippen molar-refractivity contribution in [3.63, 3.8) is 0 Å². The Morgan fingerprint density at radius 3 is 1.91 bits per heavy atom. The van der Waals surface area contributed by atoms with Gasteiger partial charge in [-0.3, -0.25) is 4.79 Å². The number of amides is 1. The van der Waals surface area contributed by atoms with Crippen molar-refractivity contribution in [2.24, 2.45) is 0 Å². The van der Waals surface area contributed by atoms with E-state index in [1.165, 1.54) is 12.1 Å². The van der Waals surface area contributed by atoms with Gasteiger partial charge in [0.15, 0.2) is 0 Å². The number of carbonyl (C=O) groups excluding carboxylic acids is 1. The van der Waals surface area contributed by atoms with Gasteiger partial charge >= 0.3 is 12.1 Å². The number of hydrogen-bond donors (Lipinski definition) is 2. The molecule has 0 fully saturated rings. The second-order valence-electron chi connectivity index (χ2n) is 7.28. The lowest BCUT2D eigenvalue weighted by molar-refractivity contribution is -0.139. The number of carboxylic acids is 1. The fraction of sp³-hybridized carbons (Fsp3) is 0.125. The molecular formula is C24H17F3N2O3. The van der Waals surface area contributed by atoms with E-state index in [0.29, 0.717) is 32.9 Å². The van der Waals surface area contributed by atoms with Crippen molar-refractivity contribution in [2.75, 3.05) is 0 Å². The van der Waals surface area contributed by atoms with Crippen LogP contribution in [0.2, 0.25) is 0 Å². The minimum atomic E-state index is -4.48. The average Bonchev–Trinajstić information content (AvgIpc) is 2.76. The molecule has 0 radical (unpaired) electrons. The fourth-order valence-electron chi connectivity index (χ4n) is 3.58. The smallest absolute Gasteiger partial charge is 0.416 e. The maximum Gasteiger partial charge on any atom is 0.416 e. The zero-order valence-corrected chi connectivity index (χ0v) is 16.6. The van der Waals surface area contributed by atoms with Crippen LogP contribution in [0.4, 0.5) is 13.2 Å². The van der Waals surface area contributed by atoms with Gasteiger partial charge in [-0.05, 0) is 29.8 Å². The van der Waals surface area contributed by atoms with Crippen LogP contribution in [0.5, 0.6) is 0 Å². The number of nitrogens with zero attached hydrogens (tertiary/aromatic N) is 1. The molecule has 1 atom stereocenters. The quantitative estimate of drug-likeness (QED) is 0.438. The van der Waals surface area contributed by atoms with Crippen molar-refractivity contribution in [1.82, 2.24) is 10.3 Å². The van der Waals surface area contributed by atoms with Crippen LogP contribution in [0.15, 0.2) is 72.8 Å². The number of pyridine rings is 1. The Morgan fingerprint density at radius 1 is 0.875 bits per heavy atom. The Bertz CT molecular complexity index is 1260. The van der Waals surface area contributed by atoms with Gasteiger partial charge in [-0.1, -0.05) is 48.5 Å². The number of carboxylic acid groups (broad SMARTS) is 1. The van der Waals surface area contributed by atoms with Gasteiger partial charge in [0.05, 0.1) is 22.2 Å². The summed E-state index contributed by atoms with van der Waals surface area (Å²) < 4.78 is 38.3. The highest BCUT2D eigenvalue weighted by atomic mass is 19.4. The number of para-hydroxylation sites is 2. The van der Waals surface area contributed by atoms with Crippen LogP contribution in [0.25, 0.3) is 21.8 Å². The summed E-state index contributed by atoms with van der Waals surface area (Å²) >= 11 is 0. The number of nitrogens with one attached hydrogen (secondary N) is 1. The number of fused-ring (bicyclic) bond motifs is 2. The lowest BCUT2D eigenvalue weighted by atomic mass is 10.00. The summed E-state index contributed by atoms with van der Waals surface area (Å²) in [6.45, 7) is 0. The first-order valence-corrected chi connectivity index (χ1v) is 9.71. The summed E-state index contributed by atoms with van der Waals surface area (Å²) in [7, 11) is 0. The number of benzene rings is 3. The third-order valence-corrected chi connectivity index (χ3v) is 5.14. The molecule has 1 heterocycles. The Balaban J connectivity index is 1.66. The third-order valence-electron chi connectivity index (χ3n) is 5.14. The molecule has 32 heavy (non-hydrogen) atoms. The molecule has 0 spiro atoms. The Kier molecular flexibility index (Phi) is 5.52. The first-order chi connectivity index (χ1) is 15.2. The van der Waals surface area contributed by atoms with Crippen LogP contribution in [0.3, 0.4) is 0 Å². The van der Waals surface area contributed by atoms with E-state index in [9.17, 15) is 27.9 Å². The fourth-order valence-corrected chi connectivity index (χ4v) is 3.58. The normalized spacial score (nSPS) is 12.6. The lowest BCUT2D eigenvalue weighted by Gasteiger charge is -2.17. The maximum absolute atomic E-state index is 13.2. The topological polar surface area (TPSA) is 79.3 Å². The van der Waals surface area contributed by atoms with E-state index in [2.05, 4.69) is 10.3 Å². The second-order valence-corrected chi connectivity index (χ2v) is 7.28. The molecule has 0 aliphatic carbocycles. The van der Waals surface area contributed by atoms with Crippen molar-refractivity contribution in [3.8, 4) is 0 Å². The number of alkyl halides is 3. The molecule has 5 nitrogen and oxygen atoms in total. The van der Waals surface area contributed by atoms with Crippen molar-refractivity contribution >= 4 is 33.7 Å². The predicted molar refractivity (Wildman–Crippen MR) is 113 cm³/mol. The molecule has 0 bridgehead atoms. The van der Waals surface area contributed by atoms with Gasteiger partial charge in [0.2, 0.25) is 0 Å². The van der Waals surface area contributed by atoms with Gasteiger partial charge in [-0.25, -0.2) is 9.78 Å². The van der Waals surface area contributed by atoms with Gasteiger partial charge in [0.25, 0.3) is 5.91 Å². The first kappa shape index (κ1) is 21.3. The minimum absolute atomic E-state index is 0.167. The highest BCUT2D eigenvalue weighted by molar-refractivity contribution is 6.16. The summed E-state index contributed by atoms with van der Waals surface area (Å²) in [5.41, 5.74) is 1.00. The first-order valence-electron chi connectivity index (χ1n) is 9.71. The SMILES string of the molecule is O=C(N[C@@H](Cc1ccc(C(F)(F)F)cc1)C(=O)O)c1c2ccccc2nc2ccccc12. The summed E-state index contributed by atoms with van der Waals surface area (Å²) in [6, 6.07) is 16.9. The number of carbonyl (C=O) groups is 2. The van der Waals surface area contributed by atoms with Crippen LogP contribution < -0.4 is 5.32 Å². The van der Waals surface area contributed by atoms with E-state index >= 15 is 0 Å². The van der Waals surface area contributed by atoms with E-state index in [0.717, 1.165) is 12.1 Å². The maximum atomic E-state index is 13.2. The van der Waals surface area contributed by atoms with Crippen LogP contribution in [0.1, 0.15) is 21.5 Å². The highest BCUT2D eigenvalue weighted by Crippen LogP contribution is 2.29. The van der Waals surface area contributed by atoms with E-state index in [1.807, 2.05) is 0 Å². The molecule has 0 saturated carbocycles. The number of aromatic nitrogens is 1. The van der Waals surface area contributed by atoms with Crippen molar-refractivity contribution in [2.45, 2.75) is 18.6 Å². The van der Waals surface area contributed by atoms with Crippen molar-refractivity contribution in [3.05, 3.63) is 89.5 Å². The molecule has 162 valence electrons. The van der Waals surface area contributed by atoms with Gasteiger partial charge in [-0.2, -0.15) is 13.2 Å². The molecule has 0 aliphatic rings. The van der Waals surface area contributed by atoms with E-state index < -0.39 is 29.7 Å². The third kappa shape index (κ3) is 4.25. The van der Waals surface area contributed by atoms with Crippen molar-refractivity contribution in [1.29, 1.82) is 0 Å². The standard InChI is InChI=1S/C24H17F3N2O3/c25-24(26,27)15-11-9-14(10-12-15)13-20(23(31)32)29-22(30)21-16-5-1-3-7-18(16)28-19-8-4-2-6-17(19)21/h1-12,20H,13H2,(H,29,30)(H,31,32)/t20-/m0/s1. The molecule has 0 unspecified atom stereocenters. The van der Waals surface area contributed by atoms with E-state index in [1.54, 1.807) is 48.5 Å². The largest absolute Gasteiger partial charge is 0.480 e. The summed E-state index contributed by atoms with van der Waals surface area (Å²) in [4.78, 5) is 29.6. The monoisotopic (exact) mass is 438 g/mol. The lowest BCUT2D eigenvalue weighted by Crippen LogP contribution is -2.42. The number of rotatable bonds is 5. The summed E-state index contributed by atoms with van der Waals surface area (Å²) in [6.07, 6.45) is -4.65. The van der Waals surface area contributed by atoms with Gasteiger partial charge in [-0.15, -0.1) is 0 Å². The number of hydrogen-bond acceptors (Lipinski definition) is 3. The Hall–Kier alpha value is -3.94. The molecule has 2 N–H and O–H groups in total. The Morgan fingerprint density at radius 2 is 1.41 bits per heavy atom. The summed E-state index contributed by atoms with van der Waals surface area (Å²) in [5.74, 6) is -1.89. The predicted octanol–water partition coefficient (Wildman–Crippen LogP) is 4.83. The van der Waals surface area contributed by atoms with Crippen molar-refractivity contribution < 1.29 is 27.9 Å². The van der Waals surface area contributed by atoms with Gasteiger partial charge in [0, 0.05) is 17.2 Å².